The molecular weight excluding hydrogens is 326 g/mol. The average Bonchev–Trinajstić information content (AvgIpc) is 2.64. The molecule has 1 aromatic carbocycles. The molecule has 0 N–H and O–H groups in total. The van der Waals surface area contributed by atoms with E-state index in [9.17, 15) is 8.42 Å². The summed E-state index contributed by atoms with van der Waals surface area (Å²) in [4.78, 5) is 0.447. The molecule has 1 saturated heterocycles. The van der Waals surface area contributed by atoms with E-state index >= 15 is 0 Å². The summed E-state index contributed by atoms with van der Waals surface area (Å²) in [5, 5.41) is 0.706. The Morgan fingerprint density at radius 2 is 2.00 bits per heavy atom. The van der Waals surface area contributed by atoms with Crippen LogP contribution in [0.2, 0.25) is 0 Å². The summed E-state index contributed by atoms with van der Waals surface area (Å²) in [7, 11) is -3.37. The lowest BCUT2D eigenvalue weighted by Gasteiger charge is -2.28. The highest BCUT2D eigenvalue weighted by molar-refractivity contribution is 9.09. The highest BCUT2D eigenvalue weighted by atomic mass is 79.9. The number of nitrogens with zero attached hydrogens (tertiary/aromatic N) is 1. The van der Waals surface area contributed by atoms with Crippen molar-refractivity contribution in [1.82, 2.24) is 4.31 Å². The first-order chi connectivity index (χ1) is 9.07. The second kappa shape index (κ2) is 6.37. The Morgan fingerprint density at radius 1 is 1.26 bits per heavy atom. The molecule has 0 saturated carbocycles. The third-order valence-electron chi connectivity index (χ3n) is 3.68. The molecule has 1 aromatic rings. The largest absolute Gasteiger partial charge is 0.243 e. The number of hydrogen-bond acceptors (Lipinski definition) is 2. The Balaban J connectivity index is 2.39. The smallest absolute Gasteiger partial charge is 0.207 e. The normalized spacial score (nSPS) is 22.1. The lowest BCUT2D eigenvalue weighted by Crippen LogP contribution is -2.41. The van der Waals surface area contributed by atoms with Crippen LogP contribution in [0.1, 0.15) is 31.2 Å². The lowest BCUT2D eigenvalue weighted by molar-refractivity contribution is 0.347. The predicted molar refractivity (Wildman–Crippen MR) is 81.1 cm³/mol. The van der Waals surface area contributed by atoms with Gasteiger partial charge in [-0.05, 0) is 31.4 Å². The van der Waals surface area contributed by atoms with Gasteiger partial charge in [0, 0.05) is 17.9 Å². The SMILES string of the molecule is Cc1ccccc1S(=O)(=O)N1CCCCCC1CBr. The fraction of sp³-hybridized carbons (Fsp3) is 0.571. The van der Waals surface area contributed by atoms with Gasteiger partial charge in [0.25, 0.3) is 0 Å². The van der Waals surface area contributed by atoms with Gasteiger partial charge < -0.3 is 0 Å². The van der Waals surface area contributed by atoms with Crippen LogP contribution in [0.3, 0.4) is 0 Å². The van der Waals surface area contributed by atoms with Gasteiger partial charge in [-0.1, -0.05) is 47.0 Å². The number of rotatable bonds is 3. The standard InChI is InChI=1S/C14H20BrNO2S/c1-12-7-4-5-9-14(12)19(17,18)16-10-6-2-3-8-13(16)11-15/h4-5,7,9,13H,2-3,6,8,10-11H2,1H3. The van der Waals surface area contributed by atoms with E-state index in [2.05, 4.69) is 15.9 Å². The molecule has 3 nitrogen and oxygen atoms in total. The molecule has 2 rings (SSSR count). The number of aryl methyl sites for hydroxylation is 1. The molecule has 1 unspecified atom stereocenters. The number of benzene rings is 1. The van der Waals surface area contributed by atoms with E-state index in [1.807, 2.05) is 19.1 Å². The number of hydrogen-bond donors (Lipinski definition) is 0. The first-order valence-electron chi connectivity index (χ1n) is 6.71. The topological polar surface area (TPSA) is 37.4 Å². The minimum absolute atomic E-state index is 0.0760. The zero-order valence-corrected chi connectivity index (χ0v) is 13.6. The summed E-state index contributed by atoms with van der Waals surface area (Å²) < 4.78 is 27.4. The molecule has 1 aliphatic rings. The molecule has 19 heavy (non-hydrogen) atoms. The van der Waals surface area contributed by atoms with Crippen molar-refractivity contribution in [3.63, 3.8) is 0 Å². The molecule has 0 bridgehead atoms. The molecule has 106 valence electrons. The van der Waals surface area contributed by atoms with Crippen LogP contribution in [-0.2, 0) is 10.0 Å². The van der Waals surface area contributed by atoms with Crippen LogP contribution in [0.25, 0.3) is 0 Å². The molecular formula is C14H20BrNO2S. The maximum atomic E-state index is 12.8. The fourth-order valence-electron chi connectivity index (χ4n) is 2.59. The van der Waals surface area contributed by atoms with Gasteiger partial charge in [-0.25, -0.2) is 8.42 Å². The van der Waals surface area contributed by atoms with E-state index in [4.69, 9.17) is 0 Å². The third-order valence-corrected chi connectivity index (χ3v) is 6.54. The van der Waals surface area contributed by atoms with Gasteiger partial charge in [-0.3, -0.25) is 0 Å². The molecule has 1 atom stereocenters. The Hall–Kier alpha value is -0.390. The highest BCUT2D eigenvalue weighted by Crippen LogP contribution is 2.27. The summed E-state index contributed by atoms with van der Waals surface area (Å²) >= 11 is 3.46. The van der Waals surface area contributed by atoms with Gasteiger partial charge in [-0.15, -0.1) is 0 Å². The van der Waals surface area contributed by atoms with E-state index < -0.39 is 10.0 Å². The van der Waals surface area contributed by atoms with Crippen LogP contribution in [-0.4, -0.2) is 30.6 Å². The summed E-state index contributed by atoms with van der Waals surface area (Å²) in [6, 6.07) is 7.31. The Labute approximate surface area is 124 Å². The minimum atomic E-state index is -3.37. The average molecular weight is 346 g/mol. The molecule has 1 fully saturated rings. The lowest BCUT2D eigenvalue weighted by atomic mass is 10.1. The molecule has 0 aliphatic carbocycles. The van der Waals surface area contributed by atoms with Crippen LogP contribution >= 0.6 is 15.9 Å². The summed E-state index contributed by atoms with van der Waals surface area (Å²) in [5.74, 6) is 0. The molecule has 1 heterocycles. The Bertz CT molecular complexity index is 530. The van der Waals surface area contributed by atoms with Crippen molar-refractivity contribution in [3.8, 4) is 0 Å². The van der Waals surface area contributed by atoms with Crippen LogP contribution in [0.5, 0.6) is 0 Å². The van der Waals surface area contributed by atoms with Crippen LogP contribution < -0.4 is 0 Å². The minimum Gasteiger partial charge on any atom is -0.207 e. The molecule has 0 aromatic heterocycles. The van der Waals surface area contributed by atoms with Gasteiger partial charge in [-0.2, -0.15) is 4.31 Å². The van der Waals surface area contributed by atoms with Crippen LogP contribution in [0.15, 0.2) is 29.2 Å². The number of sulfonamides is 1. The zero-order chi connectivity index (χ0) is 13.9. The molecule has 0 amide bonds. The number of halogens is 1. The molecule has 0 radical (unpaired) electrons. The highest BCUT2D eigenvalue weighted by Gasteiger charge is 2.32. The van der Waals surface area contributed by atoms with E-state index in [0.717, 1.165) is 31.2 Å². The van der Waals surface area contributed by atoms with Gasteiger partial charge in [0.2, 0.25) is 10.0 Å². The summed E-state index contributed by atoms with van der Waals surface area (Å²) in [5.41, 5.74) is 0.820. The maximum Gasteiger partial charge on any atom is 0.243 e. The van der Waals surface area contributed by atoms with Crippen molar-refractivity contribution >= 4 is 26.0 Å². The van der Waals surface area contributed by atoms with E-state index in [1.54, 1.807) is 16.4 Å². The molecule has 1 aliphatic heterocycles. The Kier molecular flexibility index (Phi) is 5.03. The maximum absolute atomic E-state index is 12.8. The van der Waals surface area contributed by atoms with E-state index in [0.29, 0.717) is 16.8 Å². The zero-order valence-electron chi connectivity index (χ0n) is 11.2. The van der Waals surface area contributed by atoms with Crippen molar-refractivity contribution in [2.24, 2.45) is 0 Å². The van der Waals surface area contributed by atoms with Crippen molar-refractivity contribution in [2.75, 3.05) is 11.9 Å². The molecule has 0 spiro atoms. The van der Waals surface area contributed by atoms with Crippen LogP contribution in [0, 0.1) is 6.92 Å². The van der Waals surface area contributed by atoms with Crippen molar-refractivity contribution < 1.29 is 8.42 Å². The summed E-state index contributed by atoms with van der Waals surface area (Å²) in [6.45, 7) is 2.49. The monoisotopic (exact) mass is 345 g/mol. The number of alkyl halides is 1. The van der Waals surface area contributed by atoms with Gasteiger partial charge >= 0.3 is 0 Å². The first-order valence-corrected chi connectivity index (χ1v) is 9.27. The van der Waals surface area contributed by atoms with Gasteiger partial charge in [0.1, 0.15) is 0 Å². The summed E-state index contributed by atoms with van der Waals surface area (Å²) in [6.07, 6.45) is 4.12. The van der Waals surface area contributed by atoms with Crippen molar-refractivity contribution in [2.45, 2.75) is 43.5 Å². The molecule has 5 heteroatoms. The quantitative estimate of drug-likeness (QED) is 0.788. The second-order valence-electron chi connectivity index (χ2n) is 5.04. The first kappa shape index (κ1) is 15.0. The van der Waals surface area contributed by atoms with Crippen molar-refractivity contribution in [3.05, 3.63) is 29.8 Å². The predicted octanol–water partition coefficient (Wildman–Crippen LogP) is 3.32. The van der Waals surface area contributed by atoms with Gasteiger partial charge in [0.15, 0.2) is 0 Å². The fourth-order valence-corrected chi connectivity index (χ4v) is 5.38. The van der Waals surface area contributed by atoms with E-state index in [1.165, 1.54) is 0 Å². The second-order valence-corrected chi connectivity index (χ2v) is 7.55. The van der Waals surface area contributed by atoms with Crippen LogP contribution in [0.4, 0.5) is 0 Å². The third kappa shape index (κ3) is 3.20. The van der Waals surface area contributed by atoms with Crippen molar-refractivity contribution in [1.29, 1.82) is 0 Å². The Morgan fingerprint density at radius 3 is 2.68 bits per heavy atom. The van der Waals surface area contributed by atoms with E-state index in [-0.39, 0.29) is 6.04 Å². The van der Waals surface area contributed by atoms with Gasteiger partial charge in [0.05, 0.1) is 4.90 Å².